The number of nitrogens with zero attached hydrogens (tertiary/aromatic N) is 2. The van der Waals surface area contributed by atoms with Crippen LogP contribution < -0.4 is 0 Å². The smallest absolute Gasteiger partial charge is 0.258 e. The Bertz CT molecular complexity index is 928. The maximum atomic E-state index is 11.1. The summed E-state index contributed by atoms with van der Waals surface area (Å²) in [6, 6.07) is 17.7. The van der Waals surface area contributed by atoms with Gasteiger partial charge in [-0.3, -0.25) is 20.2 Å². The molecule has 130 valence electrons. The number of aryl methyl sites for hydroxylation is 2. The summed E-state index contributed by atoms with van der Waals surface area (Å²) in [5.74, 6) is 0. The van der Waals surface area contributed by atoms with Gasteiger partial charge in [0.1, 0.15) is 0 Å². The van der Waals surface area contributed by atoms with Gasteiger partial charge >= 0.3 is 0 Å². The molecule has 3 rings (SSSR count). The summed E-state index contributed by atoms with van der Waals surface area (Å²) in [5.41, 5.74) is 4.59. The van der Waals surface area contributed by atoms with E-state index in [2.05, 4.69) is 0 Å². The van der Waals surface area contributed by atoms with Crippen LogP contribution in [0.15, 0.2) is 60.7 Å². The van der Waals surface area contributed by atoms with Gasteiger partial charge in [0.2, 0.25) is 0 Å². The van der Waals surface area contributed by atoms with Gasteiger partial charge in [-0.2, -0.15) is 0 Å². The van der Waals surface area contributed by atoms with Gasteiger partial charge in [-0.15, -0.1) is 0 Å². The summed E-state index contributed by atoms with van der Waals surface area (Å²) >= 11 is 0. The predicted molar refractivity (Wildman–Crippen MR) is 100 cm³/mol. The van der Waals surface area contributed by atoms with Crippen LogP contribution in [0.3, 0.4) is 0 Å². The van der Waals surface area contributed by atoms with Crippen LogP contribution in [0.4, 0.5) is 11.4 Å². The number of hydrogen-bond donors (Lipinski definition) is 0. The van der Waals surface area contributed by atoms with E-state index in [1.54, 1.807) is 38.1 Å². The Kier molecular flexibility index (Phi) is 4.49. The highest BCUT2D eigenvalue weighted by atomic mass is 16.6. The molecular weight excluding hydrogens is 332 g/mol. The van der Waals surface area contributed by atoms with Crippen molar-refractivity contribution in [2.24, 2.45) is 0 Å². The molecule has 3 aromatic rings. The lowest BCUT2D eigenvalue weighted by Crippen LogP contribution is -1.93. The zero-order valence-electron chi connectivity index (χ0n) is 14.3. The first-order valence-electron chi connectivity index (χ1n) is 7.97. The van der Waals surface area contributed by atoms with Crippen LogP contribution in [0.1, 0.15) is 11.1 Å². The van der Waals surface area contributed by atoms with Gasteiger partial charge in [-0.05, 0) is 36.1 Å². The minimum atomic E-state index is -0.390. The van der Waals surface area contributed by atoms with E-state index in [9.17, 15) is 20.2 Å². The maximum absolute atomic E-state index is 11.1. The van der Waals surface area contributed by atoms with E-state index in [0.717, 1.165) is 22.3 Å². The van der Waals surface area contributed by atoms with Crippen molar-refractivity contribution in [3.05, 3.63) is 92.0 Å². The molecule has 0 spiro atoms. The van der Waals surface area contributed by atoms with Gasteiger partial charge in [-0.25, -0.2) is 0 Å². The van der Waals surface area contributed by atoms with Crippen LogP contribution in [0, 0.1) is 34.1 Å². The lowest BCUT2D eigenvalue weighted by atomic mass is 9.98. The molecule has 0 aliphatic carbocycles. The summed E-state index contributed by atoms with van der Waals surface area (Å²) in [6.45, 7) is 3.41. The Morgan fingerprint density at radius 2 is 0.885 bits per heavy atom. The highest BCUT2D eigenvalue weighted by Crippen LogP contribution is 2.30. The third-order valence-corrected chi connectivity index (χ3v) is 4.36. The molecule has 0 amide bonds. The minimum Gasteiger partial charge on any atom is -0.258 e. The molecule has 6 nitrogen and oxygen atoms in total. The molecule has 0 atom stereocenters. The first kappa shape index (κ1) is 17.3. The Morgan fingerprint density at radius 1 is 0.577 bits per heavy atom. The van der Waals surface area contributed by atoms with Gasteiger partial charge in [0, 0.05) is 23.3 Å². The van der Waals surface area contributed by atoms with Gasteiger partial charge in [0.25, 0.3) is 11.4 Å². The molecule has 0 heterocycles. The zero-order chi connectivity index (χ0) is 18.8. The van der Waals surface area contributed by atoms with Gasteiger partial charge in [-0.1, -0.05) is 48.5 Å². The fourth-order valence-corrected chi connectivity index (χ4v) is 2.83. The standard InChI is InChI=1S/C20H16N2O4/c1-13-3-5-17(11-19(13)21(23)24)15-7-9-16(10-8-15)18-6-4-14(2)20(12-18)22(25)26/h3-12H,1-2H3. The number of hydrogen-bond acceptors (Lipinski definition) is 4. The van der Waals surface area contributed by atoms with E-state index in [4.69, 9.17) is 0 Å². The average Bonchev–Trinajstić information content (AvgIpc) is 2.62. The van der Waals surface area contributed by atoms with E-state index >= 15 is 0 Å². The van der Waals surface area contributed by atoms with Crippen molar-refractivity contribution in [3.63, 3.8) is 0 Å². The first-order valence-corrected chi connectivity index (χ1v) is 7.97. The zero-order valence-corrected chi connectivity index (χ0v) is 14.3. The second-order valence-electron chi connectivity index (χ2n) is 6.09. The van der Waals surface area contributed by atoms with Crippen LogP contribution >= 0.6 is 0 Å². The first-order chi connectivity index (χ1) is 12.4. The molecule has 0 saturated carbocycles. The molecule has 0 radical (unpaired) electrons. The molecule has 26 heavy (non-hydrogen) atoms. The SMILES string of the molecule is Cc1ccc(-c2ccc(-c3ccc(C)c([N+](=O)[O-])c3)cc2)cc1[N+](=O)[O-]. The molecule has 0 unspecified atom stereocenters. The third kappa shape index (κ3) is 3.30. The predicted octanol–water partition coefficient (Wildman–Crippen LogP) is 5.45. The normalized spacial score (nSPS) is 10.5. The Labute approximate surface area is 150 Å². The van der Waals surface area contributed by atoms with E-state index in [-0.39, 0.29) is 11.4 Å². The Hall–Kier alpha value is -3.54. The highest BCUT2D eigenvalue weighted by Gasteiger charge is 2.13. The fourth-order valence-electron chi connectivity index (χ4n) is 2.83. The van der Waals surface area contributed by atoms with Crippen LogP contribution in [0.25, 0.3) is 22.3 Å². The summed E-state index contributed by atoms with van der Waals surface area (Å²) in [4.78, 5) is 21.4. The second-order valence-corrected chi connectivity index (χ2v) is 6.09. The summed E-state index contributed by atoms with van der Waals surface area (Å²) < 4.78 is 0. The van der Waals surface area contributed by atoms with Crippen LogP contribution in [0.2, 0.25) is 0 Å². The van der Waals surface area contributed by atoms with Crippen LogP contribution in [-0.4, -0.2) is 9.85 Å². The van der Waals surface area contributed by atoms with E-state index in [1.807, 2.05) is 36.4 Å². The summed E-state index contributed by atoms with van der Waals surface area (Å²) in [5, 5.41) is 22.2. The Balaban J connectivity index is 1.97. The van der Waals surface area contributed by atoms with Gasteiger partial charge in [0.15, 0.2) is 0 Å². The highest BCUT2D eigenvalue weighted by molar-refractivity contribution is 5.73. The van der Waals surface area contributed by atoms with E-state index in [0.29, 0.717) is 11.1 Å². The minimum absolute atomic E-state index is 0.0840. The summed E-state index contributed by atoms with van der Waals surface area (Å²) in [7, 11) is 0. The molecule has 0 aromatic heterocycles. The molecule has 0 N–H and O–H groups in total. The number of benzene rings is 3. The van der Waals surface area contributed by atoms with Crippen molar-refractivity contribution in [1.82, 2.24) is 0 Å². The molecule has 0 aliphatic heterocycles. The van der Waals surface area contributed by atoms with Crippen LogP contribution in [0.5, 0.6) is 0 Å². The topological polar surface area (TPSA) is 86.3 Å². The third-order valence-electron chi connectivity index (χ3n) is 4.36. The molecule has 3 aromatic carbocycles. The molecule has 0 bridgehead atoms. The Morgan fingerprint density at radius 3 is 1.19 bits per heavy atom. The summed E-state index contributed by atoms with van der Waals surface area (Å²) in [6.07, 6.45) is 0. The van der Waals surface area contributed by atoms with Crippen LogP contribution in [-0.2, 0) is 0 Å². The van der Waals surface area contributed by atoms with Gasteiger partial charge in [0.05, 0.1) is 9.85 Å². The lowest BCUT2D eigenvalue weighted by molar-refractivity contribution is -0.385. The second kappa shape index (κ2) is 6.76. The van der Waals surface area contributed by atoms with Crippen molar-refractivity contribution in [1.29, 1.82) is 0 Å². The monoisotopic (exact) mass is 348 g/mol. The van der Waals surface area contributed by atoms with Crippen molar-refractivity contribution < 1.29 is 9.85 Å². The fraction of sp³-hybridized carbons (Fsp3) is 0.100. The van der Waals surface area contributed by atoms with Crippen molar-refractivity contribution in [3.8, 4) is 22.3 Å². The van der Waals surface area contributed by atoms with E-state index < -0.39 is 9.85 Å². The van der Waals surface area contributed by atoms with Crippen molar-refractivity contribution >= 4 is 11.4 Å². The van der Waals surface area contributed by atoms with Crippen molar-refractivity contribution in [2.45, 2.75) is 13.8 Å². The maximum Gasteiger partial charge on any atom is 0.272 e. The average molecular weight is 348 g/mol. The van der Waals surface area contributed by atoms with E-state index in [1.165, 1.54) is 0 Å². The molecule has 6 heteroatoms. The molecule has 0 saturated heterocycles. The molecular formula is C20H16N2O4. The molecule has 0 fully saturated rings. The van der Waals surface area contributed by atoms with Gasteiger partial charge < -0.3 is 0 Å². The largest absolute Gasteiger partial charge is 0.272 e. The number of nitro benzene ring substituents is 2. The van der Waals surface area contributed by atoms with Crippen molar-refractivity contribution in [2.75, 3.05) is 0 Å². The number of nitro groups is 2. The molecule has 0 aliphatic rings. The quantitative estimate of drug-likeness (QED) is 0.463. The lowest BCUT2D eigenvalue weighted by Gasteiger charge is -2.07. The number of rotatable bonds is 4.